The molecule has 1 unspecified atom stereocenters. The molecule has 0 radical (unpaired) electrons. The van der Waals surface area contributed by atoms with Gasteiger partial charge in [0, 0.05) is 31.1 Å². The fourth-order valence-corrected chi connectivity index (χ4v) is 1.97. The molecule has 0 saturated carbocycles. The van der Waals surface area contributed by atoms with Crippen molar-refractivity contribution in [3.05, 3.63) is 30.1 Å². The number of urea groups is 1. The molecule has 1 aromatic rings. The number of benzene rings is 1. The minimum absolute atomic E-state index is 0.128. The van der Waals surface area contributed by atoms with Gasteiger partial charge in [-0.25, -0.2) is 9.18 Å². The number of halogens is 1. The van der Waals surface area contributed by atoms with E-state index in [4.69, 9.17) is 0 Å². The van der Waals surface area contributed by atoms with Crippen molar-refractivity contribution >= 4 is 17.5 Å². The number of likely N-dealkylation sites (tertiary alicyclic amines) is 1. The third kappa shape index (κ3) is 2.85. The Morgan fingerprint density at radius 2 is 2.28 bits per heavy atom. The maximum Gasteiger partial charge on any atom is 0.321 e. The van der Waals surface area contributed by atoms with Crippen LogP contribution in [0.25, 0.3) is 0 Å². The molecule has 1 fully saturated rings. The van der Waals surface area contributed by atoms with E-state index < -0.39 is 5.82 Å². The molecule has 0 aromatic heterocycles. The lowest BCUT2D eigenvalue weighted by molar-refractivity contribution is -0.124. The Balaban J connectivity index is 1.98. The molecule has 0 bridgehead atoms. The van der Waals surface area contributed by atoms with Gasteiger partial charge in [0.1, 0.15) is 11.6 Å². The van der Waals surface area contributed by atoms with E-state index in [0.29, 0.717) is 25.2 Å². The summed E-state index contributed by atoms with van der Waals surface area (Å²) < 4.78 is 13.0. The Bertz CT molecular complexity index is 476. The van der Waals surface area contributed by atoms with Crippen LogP contribution in [-0.2, 0) is 4.79 Å². The fourth-order valence-electron chi connectivity index (χ4n) is 1.97. The first-order valence-corrected chi connectivity index (χ1v) is 5.90. The monoisotopic (exact) mass is 250 g/mol. The Labute approximate surface area is 105 Å². The van der Waals surface area contributed by atoms with Crippen molar-refractivity contribution in [3.63, 3.8) is 0 Å². The molecule has 18 heavy (non-hydrogen) atoms. The highest BCUT2D eigenvalue weighted by atomic mass is 19.1. The third-order valence-electron chi connectivity index (χ3n) is 3.04. The number of anilines is 1. The van der Waals surface area contributed by atoms with Gasteiger partial charge in [-0.3, -0.25) is 4.79 Å². The van der Waals surface area contributed by atoms with E-state index in [9.17, 15) is 14.0 Å². The number of Topliss-reactive ketones (excluding diaryl/α,β-unsaturated/α-hetero) is 1. The average molecular weight is 250 g/mol. The molecule has 0 aliphatic carbocycles. The Morgan fingerprint density at radius 1 is 1.50 bits per heavy atom. The van der Waals surface area contributed by atoms with Crippen LogP contribution in [0.5, 0.6) is 0 Å². The first-order valence-electron chi connectivity index (χ1n) is 5.90. The van der Waals surface area contributed by atoms with Gasteiger partial charge < -0.3 is 10.2 Å². The predicted molar refractivity (Wildman–Crippen MR) is 65.8 cm³/mol. The largest absolute Gasteiger partial charge is 0.323 e. The number of amides is 2. The van der Waals surface area contributed by atoms with E-state index in [1.807, 2.05) is 6.92 Å². The molecular formula is C13H15FN2O2. The molecule has 1 N–H and O–H groups in total. The summed E-state index contributed by atoms with van der Waals surface area (Å²) in [6, 6.07) is 5.44. The van der Waals surface area contributed by atoms with E-state index in [1.54, 1.807) is 11.0 Å². The summed E-state index contributed by atoms with van der Waals surface area (Å²) in [6.45, 7) is 2.65. The SMILES string of the molecule is CC1CN(C(=O)Nc2cccc(F)c2)CCC1=O. The third-order valence-corrected chi connectivity index (χ3v) is 3.04. The Morgan fingerprint density at radius 3 is 2.94 bits per heavy atom. The van der Waals surface area contributed by atoms with E-state index in [0.717, 1.165) is 0 Å². The van der Waals surface area contributed by atoms with Gasteiger partial charge in [0.2, 0.25) is 0 Å². The summed E-state index contributed by atoms with van der Waals surface area (Å²) in [5, 5.41) is 2.62. The van der Waals surface area contributed by atoms with Crippen LogP contribution in [0.1, 0.15) is 13.3 Å². The minimum Gasteiger partial charge on any atom is -0.323 e. The van der Waals surface area contributed by atoms with E-state index in [2.05, 4.69) is 5.32 Å². The van der Waals surface area contributed by atoms with Crippen molar-refractivity contribution in [2.45, 2.75) is 13.3 Å². The minimum atomic E-state index is -0.394. The fraction of sp³-hybridized carbons (Fsp3) is 0.385. The molecule has 2 rings (SSSR count). The number of piperidine rings is 1. The zero-order valence-corrected chi connectivity index (χ0v) is 10.1. The molecule has 1 aliphatic heterocycles. The molecule has 4 nitrogen and oxygen atoms in total. The molecule has 1 aromatic carbocycles. The Kier molecular flexibility index (Phi) is 3.60. The maximum atomic E-state index is 13.0. The highest BCUT2D eigenvalue weighted by Gasteiger charge is 2.26. The number of nitrogens with zero attached hydrogens (tertiary/aromatic N) is 1. The molecular weight excluding hydrogens is 235 g/mol. The Hall–Kier alpha value is -1.91. The lowest BCUT2D eigenvalue weighted by Gasteiger charge is -2.30. The van der Waals surface area contributed by atoms with Gasteiger partial charge in [-0.15, -0.1) is 0 Å². The maximum absolute atomic E-state index is 13.0. The van der Waals surface area contributed by atoms with Crippen molar-refractivity contribution < 1.29 is 14.0 Å². The molecule has 1 heterocycles. The lowest BCUT2D eigenvalue weighted by Crippen LogP contribution is -2.45. The summed E-state index contributed by atoms with van der Waals surface area (Å²) in [5.41, 5.74) is 0.421. The van der Waals surface area contributed by atoms with Crippen LogP contribution in [0.15, 0.2) is 24.3 Å². The van der Waals surface area contributed by atoms with Gasteiger partial charge in [-0.1, -0.05) is 13.0 Å². The first kappa shape index (κ1) is 12.5. The quantitative estimate of drug-likeness (QED) is 0.831. The number of carbonyl (C=O) groups is 2. The van der Waals surface area contributed by atoms with E-state index in [-0.39, 0.29) is 17.7 Å². The summed E-state index contributed by atoms with van der Waals surface area (Å²) in [7, 11) is 0. The van der Waals surface area contributed by atoms with Gasteiger partial charge >= 0.3 is 6.03 Å². The standard InChI is InChI=1S/C13H15FN2O2/c1-9-8-16(6-5-12(9)17)13(18)15-11-4-2-3-10(14)7-11/h2-4,7,9H,5-6,8H2,1H3,(H,15,18). The van der Waals surface area contributed by atoms with Gasteiger partial charge in [-0.05, 0) is 18.2 Å². The van der Waals surface area contributed by atoms with Crippen molar-refractivity contribution in [1.82, 2.24) is 4.90 Å². The molecule has 2 amide bonds. The highest BCUT2D eigenvalue weighted by Crippen LogP contribution is 2.15. The van der Waals surface area contributed by atoms with Crippen molar-refractivity contribution in [2.75, 3.05) is 18.4 Å². The summed E-state index contributed by atoms with van der Waals surface area (Å²) >= 11 is 0. The number of ketones is 1. The number of carbonyl (C=O) groups excluding carboxylic acids is 2. The van der Waals surface area contributed by atoms with Gasteiger partial charge in [-0.2, -0.15) is 0 Å². The second-order valence-electron chi connectivity index (χ2n) is 4.50. The van der Waals surface area contributed by atoms with Crippen molar-refractivity contribution in [3.8, 4) is 0 Å². The second-order valence-corrected chi connectivity index (χ2v) is 4.50. The summed E-state index contributed by atoms with van der Waals surface area (Å²) in [6.07, 6.45) is 0.387. The molecule has 0 spiro atoms. The lowest BCUT2D eigenvalue weighted by atomic mass is 9.99. The van der Waals surface area contributed by atoms with E-state index in [1.165, 1.54) is 18.2 Å². The molecule has 1 aliphatic rings. The van der Waals surface area contributed by atoms with Crippen molar-refractivity contribution in [2.24, 2.45) is 5.92 Å². The first-order chi connectivity index (χ1) is 8.56. The topological polar surface area (TPSA) is 49.4 Å². The summed E-state index contributed by atoms with van der Waals surface area (Å²) in [5.74, 6) is -0.336. The van der Waals surface area contributed by atoms with Gasteiger partial charge in [0.05, 0.1) is 0 Å². The number of hydrogen-bond donors (Lipinski definition) is 1. The van der Waals surface area contributed by atoms with Crippen LogP contribution in [0.3, 0.4) is 0 Å². The smallest absolute Gasteiger partial charge is 0.321 e. The van der Waals surface area contributed by atoms with Gasteiger partial charge in [0.25, 0.3) is 0 Å². The highest BCUT2D eigenvalue weighted by molar-refractivity contribution is 5.91. The van der Waals surface area contributed by atoms with Gasteiger partial charge in [0.15, 0.2) is 0 Å². The van der Waals surface area contributed by atoms with Crippen LogP contribution in [0.2, 0.25) is 0 Å². The van der Waals surface area contributed by atoms with Crippen molar-refractivity contribution in [1.29, 1.82) is 0 Å². The molecule has 1 saturated heterocycles. The van der Waals surface area contributed by atoms with Crippen LogP contribution in [0.4, 0.5) is 14.9 Å². The molecule has 96 valence electrons. The van der Waals surface area contributed by atoms with Crippen LogP contribution < -0.4 is 5.32 Å². The number of rotatable bonds is 1. The number of hydrogen-bond acceptors (Lipinski definition) is 2. The van der Waals surface area contributed by atoms with Crippen LogP contribution >= 0.6 is 0 Å². The normalized spacial score (nSPS) is 19.8. The van der Waals surface area contributed by atoms with Crippen LogP contribution in [-0.4, -0.2) is 29.8 Å². The zero-order chi connectivity index (χ0) is 13.1. The predicted octanol–water partition coefficient (Wildman–Crippen LogP) is 2.27. The summed E-state index contributed by atoms with van der Waals surface area (Å²) in [4.78, 5) is 24.8. The van der Waals surface area contributed by atoms with E-state index >= 15 is 0 Å². The molecule has 5 heteroatoms. The number of nitrogens with one attached hydrogen (secondary N) is 1. The average Bonchev–Trinajstić information content (AvgIpc) is 2.32. The second kappa shape index (κ2) is 5.16. The van der Waals surface area contributed by atoms with Crippen LogP contribution in [0, 0.1) is 11.7 Å². The zero-order valence-electron chi connectivity index (χ0n) is 10.1. The molecule has 1 atom stereocenters.